The summed E-state index contributed by atoms with van der Waals surface area (Å²) in [6, 6.07) is 0.136. The second kappa shape index (κ2) is 4.63. The lowest BCUT2D eigenvalue weighted by Crippen LogP contribution is -2.42. The van der Waals surface area contributed by atoms with Crippen molar-refractivity contribution in [2.24, 2.45) is 0 Å². The first-order valence-electron chi connectivity index (χ1n) is 7.02. The second-order valence-electron chi connectivity index (χ2n) is 6.08. The maximum atomic E-state index is 12.2. The minimum Gasteiger partial charge on any atom is -0.447 e. The molecule has 0 atom stereocenters. The standard InChI is InChI=1S/C14H20N2O3/c1-14(18)6-4-10(5-7-14)16-13(17)11-12(9-2-3-9)19-8-15-11/h8-10,18H,2-7H2,1H3,(H,16,17). The summed E-state index contributed by atoms with van der Waals surface area (Å²) in [5, 5.41) is 12.9. The van der Waals surface area contributed by atoms with E-state index in [1.807, 2.05) is 6.92 Å². The van der Waals surface area contributed by atoms with Gasteiger partial charge < -0.3 is 14.8 Å². The topological polar surface area (TPSA) is 75.4 Å². The van der Waals surface area contributed by atoms with Crippen molar-refractivity contribution in [3.05, 3.63) is 17.8 Å². The third-order valence-corrected chi connectivity index (χ3v) is 4.16. The van der Waals surface area contributed by atoms with Crippen LogP contribution in [0.3, 0.4) is 0 Å². The van der Waals surface area contributed by atoms with E-state index in [2.05, 4.69) is 10.3 Å². The second-order valence-corrected chi connectivity index (χ2v) is 6.08. The summed E-state index contributed by atoms with van der Waals surface area (Å²) >= 11 is 0. The Hall–Kier alpha value is -1.36. The van der Waals surface area contributed by atoms with Crippen LogP contribution in [0.25, 0.3) is 0 Å². The summed E-state index contributed by atoms with van der Waals surface area (Å²) < 4.78 is 5.32. The molecule has 0 bridgehead atoms. The maximum Gasteiger partial charge on any atom is 0.273 e. The Morgan fingerprint density at radius 2 is 2.11 bits per heavy atom. The Bertz CT molecular complexity index is 467. The van der Waals surface area contributed by atoms with Crippen molar-refractivity contribution in [1.29, 1.82) is 0 Å². The van der Waals surface area contributed by atoms with E-state index in [4.69, 9.17) is 4.42 Å². The van der Waals surface area contributed by atoms with Gasteiger partial charge in [0, 0.05) is 12.0 Å². The van der Waals surface area contributed by atoms with Crippen LogP contribution in [0.2, 0.25) is 0 Å². The minimum absolute atomic E-state index is 0.136. The van der Waals surface area contributed by atoms with Gasteiger partial charge in [0.1, 0.15) is 5.76 Å². The molecule has 2 saturated carbocycles. The van der Waals surface area contributed by atoms with E-state index in [1.165, 1.54) is 6.39 Å². The van der Waals surface area contributed by atoms with Crippen molar-refractivity contribution in [3.8, 4) is 0 Å². The predicted octanol–water partition coefficient (Wildman–Crippen LogP) is 1.98. The Morgan fingerprint density at radius 1 is 1.42 bits per heavy atom. The fourth-order valence-corrected chi connectivity index (χ4v) is 2.70. The molecule has 2 fully saturated rings. The number of hydrogen-bond acceptors (Lipinski definition) is 4. The molecule has 0 aliphatic heterocycles. The van der Waals surface area contributed by atoms with E-state index in [0.717, 1.165) is 44.3 Å². The van der Waals surface area contributed by atoms with Crippen LogP contribution < -0.4 is 5.32 Å². The molecule has 0 spiro atoms. The molecule has 0 aromatic carbocycles. The van der Waals surface area contributed by atoms with Crippen LogP contribution in [-0.4, -0.2) is 27.6 Å². The average Bonchev–Trinajstić information content (AvgIpc) is 3.09. The van der Waals surface area contributed by atoms with Crippen LogP contribution in [0.15, 0.2) is 10.8 Å². The number of nitrogens with one attached hydrogen (secondary N) is 1. The third-order valence-electron chi connectivity index (χ3n) is 4.16. The summed E-state index contributed by atoms with van der Waals surface area (Å²) in [7, 11) is 0. The van der Waals surface area contributed by atoms with Crippen molar-refractivity contribution < 1.29 is 14.3 Å². The SMILES string of the molecule is CC1(O)CCC(NC(=O)c2ncoc2C2CC2)CC1. The summed E-state index contributed by atoms with van der Waals surface area (Å²) in [6.07, 6.45) is 6.61. The summed E-state index contributed by atoms with van der Waals surface area (Å²) in [5.74, 6) is 0.984. The van der Waals surface area contributed by atoms with Gasteiger partial charge in [-0.2, -0.15) is 0 Å². The van der Waals surface area contributed by atoms with E-state index in [1.54, 1.807) is 0 Å². The lowest BCUT2D eigenvalue weighted by atomic mass is 9.83. The normalized spacial score (nSPS) is 31.2. The highest BCUT2D eigenvalue weighted by Gasteiger charge is 2.34. The van der Waals surface area contributed by atoms with Gasteiger partial charge in [0.25, 0.3) is 5.91 Å². The zero-order valence-corrected chi connectivity index (χ0v) is 11.2. The van der Waals surface area contributed by atoms with Gasteiger partial charge in [-0.3, -0.25) is 4.79 Å². The first kappa shape index (κ1) is 12.7. The van der Waals surface area contributed by atoms with Crippen LogP contribution in [0.5, 0.6) is 0 Å². The van der Waals surface area contributed by atoms with Crippen molar-refractivity contribution in [3.63, 3.8) is 0 Å². The van der Waals surface area contributed by atoms with Crippen molar-refractivity contribution in [1.82, 2.24) is 10.3 Å². The van der Waals surface area contributed by atoms with Gasteiger partial charge in [-0.05, 0) is 45.4 Å². The lowest BCUT2D eigenvalue weighted by molar-refractivity contribution is 0.0140. The highest BCUT2D eigenvalue weighted by atomic mass is 16.3. The smallest absolute Gasteiger partial charge is 0.273 e. The average molecular weight is 264 g/mol. The molecule has 5 nitrogen and oxygen atoms in total. The Balaban J connectivity index is 1.61. The zero-order chi connectivity index (χ0) is 13.5. The Labute approximate surface area is 112 Å². The van der Waals surface area contributed by atoms with E-state index in [0.29, 0.717) is 11.6 Å². The van der Waals surface area contributed by atoms with Crippen LogP contribution in [0.1, 0.15) is 67.6 Å². The van der Waals surface area contributed by atoms with Crippen molar-refractivity contribution in [2.75, 3.05) is 0 Å². The first-order valence-corrected chi connectivity index (χ1v) is 7.02. The first-order chi connectivity index (χ1) is 9.05. The molecule has 1 aromatic rings. The van der Waals surface area contributed by atoms with E-state index < -0.39 is 5.60 Å². The molecule has 3 rings (SSSR count). The lowest BCUT2D eigenvalue weighted by Gasteiger charge is -2.33. The predicted molar refractivity (Wildman–Crippen MR) is 68.8 cm³/mol. The molecule has 1 heterocycles. The van der Waals surface area contributed by atoms with Crippen LogP contribution >= 0.6 is 0 Å². The number of hydrogen-bond donors (Lipinski definition) is 2. The van der Waals surface area contributed by atoms with Crippen LogP contribution in [0.4, 0.5) is 0 Å². The number of amides is 1. The van der Waals surface area contributed by atoms with Gasteiger partial charge in [0.2, 0.25) is 0 Å². The van der Waals surface area contributed by atoms with Crippen molar-refractivity contribution in [2.45, 2.75) is 63.0 Å². The minimum atomic E-state index is -0.575. The molecule has 0 unspecified atom stereocenters. The van der Waals surface area contributed by atoms with E-state index >= 15 is 0 Å². The van der Waals surface area contributed by atoms with Gasteiger partial charge in [-0.25, -0.2) is 4.98 Å². The van der Waals surface area contributed by atoms with Gasteiger partial charge in [0.05, 0.1) is 5.60 Å². The summed E-state index contributed by atoms with van der Waals surface area (Å²) in [4.78, 5) is 16.2. The molecule has 2 aliphatic rings. The number of carbonyl (C=O) groups is 1. The molecule has 104 valence electrons. The molecular formula is C14H20N2O3. The number of rotatable bonds is 3. The van der Waals surface area contributed by atoms with Gasteiger partial charge >= 0.3 is 0 Å². The Morgan fingerprint density at radius 3 is 2.74 bits per heavy atom. The van der Waals surface area contributed by atoms with Crippen LogP contribution in [0, 0.1) is 0 Å². The summed E-state index contributed by atoms with van der Waals surface area (Å²) in [5.41, 5.74) is -0.131. The van der Waals surface area contributed by atoms with Crippen LogP contribution in [-0.2, 0) is 0 Å². The molecular weight excluding hydrogens is 244 g/mol. The molecule has 0 radical (unpaired) electrons. The number of carbonyl (C=O) groups excluding carboxylic acids is 1. The fraction of sp³-hybridized carbons (Fsp3) is 0.714. The molecule has 5 heteroatoms. The van der Waals surface area contributed by atoms with Gasteiger partial charge in [-0.15, -0.1) is 0 Å². The highest BCUT2D eigenvalue weighted by molar-refractivity contribution is 5.93. The molecule has 1 aromatic heterocycles. The van der Waals surface area contributed by atoms with Gasteiger partial charge in [-0.1, -0.05) is 0 Å². The number of nitrogens with zero attached hydrogens (tertiary/aromatic N) is 1. The molecule has 2 N–H and O–H groups in total. The molecule has 19 heavy (non-hydrogen) atoms. The maximum absolute atomic E-state index is 12.2. The highest BCUT2D eigenvalue weighted by Crippen LogP contribution is 2.41. The fourth-order valence-electron chi connectivity index (χ4n) is 2.70. The number of oxazole rings is 1. The largest absolute Gasteiger partial charge is 0.447 e. The quantitative estimate of drug-likeness (QED) is 0.875. The zero-order valence-electron chi connectivity index (χ0n) is 11.2. The van der Waals surface area contributed by atoms with E-state index in [-0.39, 0.29) is 11.9 Å². The van der Waals surface area contributed by atoms with E-state index in [9.17, 15) is 9.90 Å². The third kappa shape index (κ3) is 2.81. The summed E-state index contributed by atoms with van der Waals surface area (Å²) in [6.45, 7) is 1.86. The number of aromatic nitrogens is 1. The molecule has 2 aliphatic carbocycles. The Kier molecular flexibility index (Phi) is 3.09. The van der Waals surface area contributed by atoms with Gasteiger partial charge in [0.15, 0.2) is 12.1 Å². The monoisotopic (exact) mass is 264 g/mol. The van der Waals surface area contributed by atoms with Crippen molar-refractivity contribution >= 4 is 5.91 Å². The molecule has 1 amide bonds. The number of aliphatic hydroxyl groups is 1. The molecule has 0 saturated heterocycles.